The quantitative estimate of drug-likeness (QED) is 0.415. The van der Waals surface area contributed by atoms with Crippen molar-refractivity contribution in [1.82, 2.24) is 24.6 Å². The molecule has 33 heavy (non-hydrogen) atoms. The molecule has 0 fully saturated rings. The highest BCUT2D eigenvalue weighted by Crippen LogP contribution is 2.16. The van der Waals surface area contributed by atoms with E-state index in [2.05, 4.69) is 20.2 Å². The van der Waals surface area contributed by atoms with Crippen molar-refractivity contribution >= 4 is 21.6 Å². The predicted octanol–water partition coefficient (Wildman–Crippen LogP) is 2.64. The molecular formula is C23H22FN5O3S. The van der Waals surface area contributed by atoms with Crippen molar-refractivity contribution in [2.75, 3.05) is 0 Å². The minimum absolute atomic E-state index is 0.0770. The van der Waals surface area contributed by atoms with Crippen LogP contribution in [0.4, 0.5) is 4.39 Å². The van der Waals surface area contributed by atoms with Crippen LogP contribution in [0.25, 0.3) is 5.65 Å². The third kappa shape index (κ3) is 5.07. The Balaban J connectivity index is 1.60. The second kappa shape index (κ2) is 9.47. The number of carbonyl (C=O) groups is 1. The molecule has 0 aliphatic heterocycles. The SMILES string of the molecule is CC(NC(=O)[C@H](Cc1ccccc1)NS(=O)(=O)c1ccccc1F)c1nnc2ccccn12. The van der Waals surface area contributed by atoms with Crippen LogP contribution in [0.3, 0.4) is 0 Å². The predicted molar refractivity (Wildman–Crippen MR) is 120 cm³/mol. The van der Waals surface area contributed by atoms with E-state index < -0.39 is 38.7 Å². The number of hydrogen-bond acceptors (Lipinski definition) is 5. The molecule has 2 N–H and O–H groups in total. The van der Waals surface area contributed by atoms with Crippen molar-refractivity contribution in [3.05, 3.63) is 96.2 Å². The van der Waals surface area contributed by atoms with Crippen molar-refractivity contribution < 1.29 is 17.6 Å². The number of halogens is 1. The molecule has 2 atom stereocenters. The van der Waals surface area contributed by atoms with Gasteiger partial charge < -0.3 is 5.32 Å². The van der Waals surface area contributed by atoms with E-state index in [1.54, 1.807) is 47.9 Å². The van der Waals surface area contributed by atoms with Crippen LogP contribution in [0.1, 0.15) is 24.4 Å². The van der Waals surface area contributed by atoms with Gasteiger partial charge in [-0.2, -0.15) is 4.72 Å². The maximum Gasteiger partial charge on any atom is 0.244 e. The van der Waals surface area contributed by atoms with Gasteiger partial charge in [0, 0.05) is 6.20 Å². The molecule has 0 aliphatic rings. The molecule has 1 amide bonds. The lowest BCUT2D eigenvalue weighted by atomic mass is 10.1. The third-order valence-electron chi connectivity index (χ3n) is 5.11. The highest BCUT2D eigenvalue weighted by molar-refractivity contribution is 7.89. The molecule has 0 radical (unpaired) electrons. The summed E-state index contributed by atoms with van der Waals surface area (Å²) >= 11 is 0. The van der Waals surface area contributed by atoms with Gasteiger partial charge in [0.25, 0.3) is 0 Å². The fourth-order valence-electron chi connectivity index (χ4n) is 3.48. The van der Waals surface area contributed by atoms with Crippen molar-refractivity contribution in [2.45, 2.75) is 30.3 Å². The zero-order chi connectivity index (χ0) is 23.4. The van der Waals surface area contributed by atoms with Crippen LogP contribution >= 0.6 is 0 Å². The van der Waals surface area contributed by atoms with E-state index >= 15 is 0 Å². The molecule has 0 aliphatic carbocycles. The highest BCUT2D eigenvalue weighted by Gasteiger charge is 2.29. The molecule has 2 aromatic heterocycles. The van der Waals surface area contributed by atoms with Gasteiger partial charge in [0.1, 0.15) is 16.8 Å². The summed E-state index contributed by atoms with van der Waals surface area (Å²) in [4.78, 5) is 12.7. The fraction of sp³-hybridized carbons (Fsp3) is 0.174. The van der Waals surface area contributed by atoms with Crippen molar-refractivity contribution in [3.63, 3.8) is 0 Å². The lowest BCUT2D eigenvalue weighted by Gasteiger charge is -2.21. The monoisotopic (exact) mass is 467 g/mol. The van der Waals surface area contributed by atoms with Crippen molar-refractivity contribution in [1.29, 1.82) is 0 Å². The number of fused-ring (bicyclic) bond motifs is 1. The second-order valence-electron chi connectivity index (χ2n) is 7.51. The highest BCUT2D eigenvalue weighted by atomic mass is 32.2. The molecule has 4 rings (SSSR count). The van der Waals surface area contributed by atoms with E-state index in [-0.39, 0.29) is 6.42 Å². The van der Waals surface area contributed by atoms with Crippen LogP contribution in [0, 0.1) is 5.82 Å². The largest absolute Gasteiger partial charge is 0.345 e. The third-order valence-corrected chi connectivity index (χ3v) is 6.61. The lowest BCUT2D eigenvalue weighted by Crippen LogP contribution is -2.48. The number of sulfonamides is 1. The molecule has 0 bridgehead atoms. The lowest BCUT2D eigenvalue weighted by molar-refractivity contribution is -0.123. The van der Waals surface area contributed by atoms with Gasteiger partial charge in [0.15, 0.2) is 11.5 Å². The van der Waals surface area contributed by atoms with Crippen LogP contribution in [-0.4, -0.2) is 35.0 Å². The standard InChI is InChI=1S/C23H22FN5O3S/c1-16(22-27-26-21-13-7-8-14-29(21)22)25-23(30)19(15-17-9-3-2-4-10-17)28-33(31,32)20-12-6-5-11-18(20)24/h2-14,16,19,28H,15H2,1H3,(H,25,30)/t16?,19-/m0/s1. The van der Waals surface area contributed by atoms with Gasteiger partial charge in [0.2, 0.25) is 15.9 Å². The van der Waals surface area contributed by atoms with Gasteiger partial charge in [-0.3, -0.25) is 9.20 Å². The van der Waals surface area contributed by atoms with Gasteiger partial charge in [-0.05, 0) is 43.2 Å². The van der Waals surface area contributed by atoms with Gasteiger partial charge in [-0.1, -0.05) is 48.5 Å². The average molecular weight is 468 g/mol. The smallest absolute Gasteiger partial charge is 0.244 e. The van der Waals surface area contributed by atoms with Crippen molar-refractivity contribution in [2.24, 2.45) is 0 Å². The number of benzene rings is 2. The first-order valence-electron chi connectivity index (χ1n) is 10.3. The van der Waals surface area contributed by atoms with Crippen molar-refractivity contribution in [3.8, 4) is 0 Å². The number of carbonyl (C=O) groups excluding carboxylic acids is 1. The topological polar surface area (TPSA) is 105 Å². The molecule has 1 unspecified atom stereocenters. The Morgan fingerprint density at radius 2 is 1.70 bits per heavy atom. The number of rotatable bonds is 8. The van der Waals surface area contributed by atoms with Gasteiger partial charge >= 0.3 is 0 Å². The Labute approximate surface area is 190 Å². The van der Waals surface area contributed by atoms with E-state index in [0.717, 1.165) is 17.7 Å². The molecule has 2 aromatic carbocycles. The summed E-state index contributed by atoms with van der Waals surface area (Å²) in [6.45, 7) is 1.73. The van der Waals surface area contributed by atoms with Crippen LogP contribution in [-0.2, 0) is 21.2 Å². The van der Waals surface area contributed by atoms with Gasteiger partial charge in [-0.25, -0.2) is 12.8 Å². The summed E-state index contributed by atoms with van der Waals surface area (Å²) < 4.78 is 44.1. The Morgan fingerprint density at radius 3 is 2.45 bits per heavy atom. The maximum absolute atomic E-state index is 14.2. The summed E-state index contributed by atoms with van der Waals surface area (Å²) in [5.74, 6) is -0.972. The van der Waals surface area contributed by atoms with E-state index in [4.69, 9.17) is 0 Å². The summed E-state index contributed by atoms with van der Waals surface area (Å²) in [6.07, 6.45) is 1.85. The van der Waals surface area contributed by atoms with E-state index in [0.29, 0.717) is 11.5 Å². The second-order valence-corrected chi connectivity index (χ2v) is 9.19. The molecule has 2 heterocycles. The van der Waals surface area contributed by atoms with Gasteiger partial charge in [-0.15, -0.1) is 10.2 Å². The van der Waals surface area contributed by atoms with Gasteiger partial charge in [0.05, 0.1) is 6.04 Å². The van der Waals surface area contributed by atoms with Crippen LogP contribution in [0.2, 0.25) is 0 Å². The Bertz CT molecular complexity index is 1380. The molecule has 10 heteroatoms. The van der Waals surface area contributed by atoms with E-state index in [1.165, 1.54) is 12.1 Å². The Hall–Kier alpha value is -3.63. The summed E-state index contributed by atoms with van der Waals surface area (Å²) in [7, 11) is -4.30. The van der Waals surface area contributed by atoms with Crippen LogP contribution in [0.5, 0.6) is 0 Å². The minimum atomic E-state index is -4.30. The number of nitrogens with one attached hydrogen (secondary N) is 2. The minimum Gasteiger partial charge on any atom is -0.345 e. The zero-order valence-electron chi connectivity index (χ0n) is 17.7. The van der Waals surface area contributed by atoms with Crippen LogP contribution < -0.4 is 10.0 Å². The fourth-order valence-corrected chi connectivity index (χ4v) is 4.76. The number of nitrogens with zero attached hydrogens (tertiary/aromatic N) is 3. The first kappa shape index (κ1) is 22.6. The molecule has 8 nitrogen and oxygen atoms in total. The molecule has 0 spiro atoms. The zero-order valence-corrected chi connectivity index (χ0v) is 18.5. The molecule has 4 aromatic rings. The normalized spacial score (nSPS) is 13.5. The number of hydrogen-bond donors (Lipinski definition) is 2. The van der Waals surface area contributed by atoms with Crippen LogP contribution in [0.15, 0.2) is 83.9 Å². The first-order chi connectivity index (χ1) is 15.8. The number of aromatic nitrogens is 3. The summed E-state index contributed by atoms with van der Waals surface area (Å²) in [5, 5.41) is 11.0. The Kier molecular flexibility index (Phi) is 6.47. The molecule has 0 saturated heterocycles. The number of pyridine rings is 1. The molecular weight excluding hydrogens is 445 g/mol. The average Bonchev–Trinajstić information content (AvgIpc) is 3.24. The number of amides is 1. The van der Waals surface area contributed by atoms with E-state index in [9.17, 15) is 17.6 Å². The molecule has 170 valence electrons. The molecule has 0 saturated carbocycles. The first-order valence-corrected chi connectivity index (χ1v) is 11.7. The maximum atomic E-state index is 14.2. The summed E-state index contributed by atoms with van der Waals surface area (Å²) in [5.41, 5.74) is 1.36. The Morgan fingerprint density at radius 1 is 1.00 bits per heavy atom. The van der Waals surface area contributed by atoms with E-state index in [1.807, 2.05) is 18.2 Å². The summed E-state index contributed by atoms with van der Waals surface area (Å²) in [6, 6.07) is 17.7.